The summed E-state index contributed by atoms with van der Waals surface area (Å²) in [6.07, 6.45) is 1.42. The van der Waals surface area contributed by atoms with Crippen molar-refractivity contribution in [1.29, 1.82) is 0 Å². The van der Waals surface area contributed by atoms with E-state index in [4.69, 9.17) is 16.3 Å². The molecule has 1 aromatic heterocycles. The molecule has 0 radical (unpaired) electrons. The van der Waals surface area contributed by atoms with Gasteiger partial charge in [0.1, 0.15) is 5.01 Å². The lowest BCUT2D eigenvalue weighted by Crippen LogP contribution is -2.45. The number of likely N-dealkylation sites (N-methyl/N-ethyl adjacent to an activating group) is 1. The van der Waals surface area contributed by atoms with Gasteiger partial charge in [-0.1, -0.05) is 0 Å². The highest BCUT2D eigenvalue weighted by molar-refractivity contribution is 7.09. The number of halogens is 1. The molecule has 1 aromatic rings. The van der Waals surface area contributed by atoms with Gasteiger partial charge < -0.3 is 9.84 Å². The Kier molecular flexibility index (Phi) is 4.98. The molecule has 0 bridgehead atoms. The van der Waals surface area contributed by atoms with Crippen molar-refractivity contribution in [2.75, 3.05) is 26.8 Å². The molecule has 2 rings (SSSR count). The maximum Gasteiger partial charge on any atom is 0.107 e. The van der Waals surface area contributed by atoms with Gasteiger partial charge in [-0.05, 0) is 7.05 Å². The lowest BCUT2D eigenvalue weighted by molar-refractivity contribution is -0.0777. The SMILES string of the molecule is CN(Cc1nc(CCl)cs1)CC1(O)CCOCC1. The lowest BCUT2D eigenvalue weighted by Gasteiger charge is -2.35. The highest BCUT2D eigenvalue weighted by Crippen LogP contribution is 2.22. The van der Waals surface area contributed by atoms with E-state index in [9.17, 15) is 5.11 Å². The van der Waals surface area contributed by atoms with Gasteiger partial charge in [0.15, 0.2) is 0 Å². The van der Waals surface area contributed by atoms with Crippen LogP contribution in [0.25, 0.3) is 0 Å². The molecule has 0 saturated carbocycles. The third-order valence-electron chi connectivity index (χ3n) is 3.13. The molecule has 4 nitrogen and oxygen atoms in total. The second kappa shape index (κ2) is 6.30. The minimum absolute atomic E-state index is 0.460. The number of aliphatic hydroxyl groups is 1. The van der Waals surface area contributed by atoms with Crippen LogP contribution in [0.5, 0.6) is 0 Å². The van der Waals surface area contributed by atoms with Gasteiger partial charge in [-0.25, -0.2) is 4.98 Å². The Bertz CT molecular complexity index is 380. The Morgan fingerprint density at radius 2 is 2.28 bits per heavy atom. The van der Waals surface area contributed by atoms with Gasteiger partial charge in [0, 0.05) is 38.0 Å². The van der Waals surface area contributed by atoms with Gasteiger partial charge in [0.25, 0.3) is 0 Å². The predicted octanol–water partition coefficient (Wildman–Crippen LogP) is 1.86. The molecule has 18 heavy (non-hydrogen) atoms. The maximum absolute atomic E-state index is 10.4. The van der Waals surface area contributed by atoms with E-state index in [-0.39, 0.29) is 0 Å². The van der Waals surface area contributed by atoms with Crippen LogP contribution < -0.4 is 0 Å². The fourth-order valence-corrected chi connectivity index (χ4v) is 3.28. The highest BCUT2D eigenvalue weighted by atomic mass is 35.5. The standard InChI is InChI=1S/C12H19ClN2O2S/c1-15(7-11-14-10(6-13)8-18-11)9-12(16)2-4-17-5-3-12/h8,16H,2-7,9H2,1H3. The van der Waals surface area contributed by atoms with Crippen LogP contribution in [0.3, 0.4) is 0 Å². The van der Waals surface area contributed by atoms with Crippen LogP contribution in [-0.2, 0) is 17.2 Å². The fraction of sp³-hybridized carbons (Fsp3) is 0.750. The molecule has 1 aliphatic heterocycles. The first-order chi connectivity index (χ1) is 8.61. The van der Waals surface area contributed by atoms with E-state index >= 15 is 0 Å². The van der Waals surface area contributed by atoms with E-state index in [1.54, 1.807) is 11.3 Å². The lowest BCUT2D eigenvalue weighted by atomic mass is 9.94. The Morgan fingerprint density at radius 1 is 1.56 bits per heavy atom. The first-order valence-corrected chi connectivity index (χ1v) is 7.51. The molecule has 1 N–H and O–H groups in total. The van der Waals surface area contributed by atoms with Gasteiger partial charge in [-0.15, -0.1) is 22.9 Å². The Balaban J connectivity index is 1.85. The molecule has 0 spiro atoms. The molecular weight excluding hydrogens is 272 g/mol. The number of hydrogen-bond donors (Lipinski definition) is 1. The third kappa shape index (κ3) is 3.90. The average Bonchev–Trinajstić information content (AvgIpc) is 2.76. The van der Waals surface area contributed by atoms with Crippen LogP contribution in [0.4, 0.5) is 0 Å². The normalized spacial score (nSPS) is 19.3. The quantitative estimate of drug-likeness (QED) is 0.841. The topological polar surface area (TPSA) is 45.6 Å². The summed E-state index contributed by atoms with van der Waals surface area (Å²) in [5.41, 5.74) is 0.314. The number of rotatable bonds is 5. The molecule has 0 aromatic carbocycles. The summed E-state index contributed by atoms with van der Waals surface area (Å²) in [6.45, 7) is 2.72. The van der Waals surface area contributed by atoms with E-state index in [1.165, 1.54) is 0 Å². The zero-order valence-electron chi connectivity index (χ0n) is 10.6. The highest BCUT2D eigenvalue weighted by Gasteiger charge is 2.31. The largest absolute Gasteiger partial charge is 0.388 e. The van der Waals surface area contributed by atoms with Crippen LogP contribution in [0.1, 0.15) is 23.5 Å². The van der Waals surface area contributed by atoms with Crippen molar-refractivity contribution >= 4 is 22.9 Å². The van der Waals surface area contributed by atoms with Crippen molar-refractivity contribution in [3.63, 3.8) is 0 Å². The number of alkyl halides is 1. The van der Waals surface area contributed by atoms with E-state index < -0.39 is 5.60 Å². The summed E-state index contributed by atoms with van der Waals surface area (Å²) in [5.74, 6) is 0.460. The molecule has 1 saturated heterocycles. The summed E-state index contributed by atoms with van der Waals surface area (Å²) in [6, 6.07) is 0. The van der Waals surface area contributed by atoms with Crippen molar-refractivity contribution < 1.29 is 9.84 Å². The summed E-state index contributed by atoms with van der Waals surface area (Å²) in [7, 11) is 2.01. The van der Waals surface area contributed by atoms with E-state index in [0.717, 1.165) is 17.2 Å². The number of hydrogen-bond acceptors (Lipinski definition) is 5. The second-order valence-electron chi connectivity index (χ2n) is 4.88. The zero-order chi connectivity index (χ0) is 13.0. The summed E-state index contributed by atoms with van der Waals surface area (Å²) < 4.78 is 5.28. The van der Waals surface area contributed by atoms with Crippen molar-refractivity contribution in [3.8, 4) is 0 Å². The van der Waals surface area contributed by atoms with Gasteiger partial charge in [-0.3, -0.25) is 4.90 Å². The zero-order valence-corrected chi connectivity index (χ0v) is 12.1. The number of nitrogens with zero attached hydrogens (tertiary/aromatic N) is 2. The van der Waals surface area contributed by atoms with Crippen LogP contribution >= 0.6 is 22.9 Å². The molecule has 1 fully saturated rings. The molecule has 0 atom stereocenters. The predicted molar refractivity (Wildman–Crippen MR) is 73.0 cm³/mol. The Labute approximate surface area is 117 Å². The average molecular weight is 291 g/mol. The Morgan fingerprint density at radius 3 is 2.89 bits per heavy atom. The molecule has 102 valence electrons. The van der Waals surface area contributed by atoms with E-state index in [2.05, 4.69) is 9.88 Å². The van der Waals surface area contributed by atoms with Crippen molar-refractivity contribution in [2.24, 2.45) is 0 Å². The summed E-state index contributed by atoms with van der Waals surface area (Å²) >= 11 is 7.35. The Hall–Kier alpha value is -0.200. The molecular formula is C12H19ClN2O2S. The van der Waals surface area contributed by atoms with Crippen LogP contribution in [0.2, 0.25) is 0 Å². The third-order valence-corrected chi connectivity index (χ3v) is 4.29. The van der Waals surface area contributed by atoms with Crippen LogP contribution in [0.15, 0.2) is 5.38 Å². The molecule has 0 amide bonds. The molecule has 0 unspecified atom stereocenters. The number of aromatic nitrogens is 1. The smallest absolute Gasteiger partial charge is 0.107 e. The minimum Gasteiger partial charge on any atom is -0.388 e. The van der Waals surface area contributed by atoms with Crippen LogP contribution in [0, 0.1) is 0 Å². The second-order valence-corrected chi connectivity index (χ2v) is 6.09. The van der Waals surface area contributed by atoms with Gasteiger partial charge in [-0.2, -0.15) is 0 Å². The van der Waals surface area contributed by atoms with Gasteiger partial charge in [0.05, 0.1) is 23.7 Å². The maximum atomic E-state index is 10.4. The van der Waals surface area contributed by atoms with Crippen LogP contribution in [-0.4, -0.2) is 47.4 Å². The number of thiazole rings is 1. The molecule has 6 heteroatoms. The van der Waals surface area contributed by atoms with Gasteiger partial charge >= 0.3 is 0 Å². The van der Waals surface area contributed by atoms with E-state index in [0.29, 0.717) is 38.5 Å². The monoisotopic (exact) mass is 290 g/mol. The number of ether oxygens (including phenoxy) is 1. The molecule has 2 heterocycles. The first kappa shape index (κ1) is 14.2. The fourth-order valence-electron chi connectivity index (χ4n) is 2.18. The molecule has 1 aliphatic rings. The first-order valence-electron chi connectivity index (χ1n) is 6.09. The molecule has 0 aliphatic carbocycles. The van der Waals surface area contributed by atoms with Crippen molar-refractivity contribution in [2.45, 2.75) is 30.9 Å². The van der Waals surface area contributed by atoms with Crippen molar-refractivity contribution in [1.82, 2.24) is 9.88 Å². The summed E-state index contributed by atoms with van der Waals surface area (Å²) in [5, 5.41) is 13.4. The van der Waals surface area contributed by atoms with Crippen molar-refractivity contribution in [3.05, 3.63) is 16.1 Å². The van der Waals surface area contributed by atoms with Gasteiger partial charge in [0.2, 0.25) is 0 Å². The summed E-state index contributed by atoms with van der Waals surface area (Å²) in [4.78, 5) is 6.54. The minimum atomic E-state index is -0.612. The van der Waals surface area contributed by atoms with E-state index in [1.807, 2.05) is 12.4 Å².